The van der Waals surface area contributed by atoms with Gasteiger partial charge in [0.2, 0.25) is 5.91 Å². The molecular weight excluding hydrogens is 502 g/mol. The first-order valence-electron chi connectivity index (χ1n) is 9.52. The summed E-state index contributed by atoms with van der Waals surface area (Å²) in [6.45, 7) is 4.71. The van der Waals surface area contributed by atoms with E-state index in [-0.39, 0.29) is 24.1 Å². The van der Waals surface area contributed by atoms with Crippen LogP contribution in [-0.4, -0.2) is 32.3 Å². The lowest BCUT2D eigenvalue weighted by Crippen LogP contribution is -2.25. The number of thioether (sulfide) groups is 1. The minimum atomic E-state index is -0.205. The maximum absolute atomic E-state index is 12.4. The fraction of sp³-hybridized carbons (Fsp3) is 0.238. The molecule has 162 valence electrons. The van der Waals surface area contributed by atoms with Crippen molar-refractivity contribution in [2.45, 2.75) is 32.1 Å². The van der Waals surface area contributed by atoms with Crippen molar-refractivity contribution >= 4 is 56.8 Å². The Hall–Kier alpha value is -2.36. The van der Waals surface area contributed by atoms with Gasteiger partial charge in [-0.25, -0.2) is 0 Å². The minimum Gasteiger partial charge on any atom is -0.345 e. The van der Waals surface area contributed by atoms with E-state index in [4.69, 9.17) is 11.6 Å². The van der Waals surface area contributed by atoms with Gasteiger partial charge in [-0.15, -0.1) is 10.2 Å². The minimum absolute atomic E-state index is 0.162. The molecule has 0 unspecified atom stereocenters. The Morgan fingerprint density at radius 1 is 1.19 bits per heavy atom. The number of hydrogen-bond donors (Lipinski definition) is 2. The summed E-state index contributed by atoms with van der Waals surface area (Å²) in [5.74, 6) is 0.429. The summed E-state index contributed by atoms with van der Waals surface area (Å²) in [7, 11) is 0. The Morgan fingerprint density at radius 2 is 1.97 bits per heavy atom. The zero-order valence-corrected chi connectivity index (χ0v) is 20.1. The molecule has 0 spiro atoms. The van der Waals surface area contributed by atoms with Crippen LogP contribution in [0.25, 0.3) is 0 Å². The van der Waals surface area contributed by atoms with Crippen LogP contribution in [0.1, 0.15) is 28.7 Å². The number of aryl methyl sites for hydroxylation is 1. The van der Waals surface area contributed by atoms with Crippen LogP contribution in [0, 0.1) is 6.92 Å². The van der Waals surface area contributed by atoms with Crippen molar-refractivity contribution < 1.29 is 9.59 Å². The van der Waals surface area contributed by atoms with Gasteiger partial charge in [0.15, 0.2) is 11.0 Å². The van der Waals surface area contributed by atoms with E-state index in [1.165, 1.54) is 11.8 Å². The molecule has 0 radical (unpaired) electrons. The third kappa shape index (κ3) is 6.09. The highest BCUT2D eigenvalue weighted by molar-refractivity contribution is 9.10. The Morgan fingerprint density at radius 3 is 2.71 bits per heavy atom. The second kappa shape index (κ2) is 10.8. The van der Waals surface area contributed by atoms with Gasteiger partial charge in [-0.3, -0.25) is 9.59 Å². The zero-order valence-electron chi connectivity index (χ0n) is 17.0. The van der Waals surface area contributed by atoms with Crippen molar-refractivity contribution in [3.8, 4) is 0 Å². The molecule has 2 aromatic carbocycles. The molecule has 7 nitrogen and oxygen atoms in total. The van der Waals surface area contributed by atoms with Crippen LogP contribution in [-0.2, 0) is 17.9 Å². The molecule has 2 amide bonds. The zero-order chi connectivity index (χ0) is 22.4. The van der Waals surface area contributed by atoms with Crippen molar-refractivity contribution in [1.82, 2.24) is 20.1 Å². The standard InChI is InChI=1S/C21H21BrClN5O2S/c1-3-28-18(11-24-20(30)15-6-4-5-7-16(15)22)26-27-21(28)31-12-19(29)25-17-10-14(23)9-8-13(17)2/h4-10H,3,11-12H2,1-2H3,(H,24,30)(H,25,29). The molecule has 10 heteroatoms. The third-order valence-corrected chi connectivity index (χ3v) is 6.33. The van der Waals surface area contributed by atoms with Crippen molar-refractivity contribution in [1.29, 1.82) is 0 Å². The number of carbonyl (C=O) groups excluding carboxylic acids is 2. The molecule has 0 bridgehead atoms. The fourth-order valence-corrected chi connectivity index (χ4v) is 4.28. The Bertz CT molecular complexity index is 1110. The van der Waals surface area contributed by atoms with Crippen molar-refractivity contribution in [2.24, 2.45) is 0 Å². The molecule has 2 N–H and O–H groups in total. The van der Waals surface area contributed by atoms with Crippen LogP contribution in [0.4, 0.5) is 5.69 Å². The largest absolute Gasteiger partial charge is 0.345 e. The average Bonchev–Trinajstić information content (AvgIpc) is 3.15. The molecule has 3 rings (SSSR count). The molecule has 0 aliphatic rings. The van der Waals surface area contributed by atoms with Crippen molar-refractivity contribution in [3.63, 3.8) is 0 Å². The molecule has 1 heterocycles. The molecule has 0 saturated heterocycles. The van der Waals surface area contributed by atoms with E-state index in [9.17, 15) is 9.59 Å². The number of carbonyl (C=O) groups is 2. The summed E-state index contributed by atoms with van der Waals surface area (Å²) < 4.78 is 2.60. The predicted octanol–water partition coefficient (Wildman–Crippen LogP) is 4.68. The van der Waals surface area contributed by atoms with E-state index >= 15 is 0 Å². The van der Waals surface area contributed by atoms with Crippen LogP contribution in [0.15, 0.2) is 52.1 Å². The Kier molecular flexibility index (Phi) is 8.11. The molecule has 1 aromatic heterocycles. The summed E-state index contributed by atoms with van der Waals surface area (Å²) in [5.41, 5.74) is 2.17. The number of nitrogens with zero attached hydrogens (tertiary/aromatic N) is 3. The summed E-state index contributed by atoms with van der Waals surface area (Å²) in [5, 5.41) is 15.3. The Labute approximate surface area is 198 Å². The van der Waals surface area contributed by atoms with E-state index in [2.05, 4.69) is 36.8 Å². The number of hydrogen-bond acceptors (Lipinski definition) is 5. The van der Waals surface area contributed by atoms with Gasteiger partial charge in [-0.05, 0) is 59.6 Å². The van der Waals surface area contributed by atoms with E-state index in [1.807, 2.05) is 36.6 Å². The summed E-state index contributed by atoms with van der Waals surface area (Å²) >= 11 is 10.7. The van der Waals surface area contributed by atoms with Gasteiger partial charge in [-0.2, -0.15) is 0 Å². The van der Waals surface area contributed by atoms with Gasteiger partial charge in [0.1, 0.15) is 0 Å². The van der Waals surface area contributed by atoms with Gasteiger partial charge in [-0.1, -0.05) is 41.6 Å². The molecule has 3 aromatic rings. The Balaban J connectivity index is 1.59. The van der Waals surface area contributed by atoms with Gasteiger partial charge in [0.05, 0.1) is 17.9 Å². The number of aromatic nitrogens is 3. The number of anilines is 1. The topological polar surface area (TPSA) is 88.9 Å². The van der Waals surface area contributed by atoms with E-state index in [1.54, 1.807) is 24.3 Å². The molecular formula is C21H21BrClN5O2S. The van der Waals surface area contributed by atoms with Gasteiger partial charge in [0, 0.05) is 21.7 Å². The summed E-state index contributed by atoms with van der Waals surface area (Å²) in [6.07, 6.45) is 0. The maximum Gasteiger partial charge on any atom is 0.252 e. The highest BCUT2D eigenvalue weighted by Gasteiger charge is 2.15. The fourth-order valence-electron chi connectivity index (χ4n) is 2.82. The van der Waals surface area contributed by atoms with Crippen LogP contribution in [0.5, 0.6) is 0 Å². The molecule has 0 aliphatic heterocycles. The van der Waals surface area contributed by atoms with Crippen molar-refractivity contribution in [2.75, 3.05) is 11.1 Å². The first-order valence-corrected chi connectivity index (χ1v) is 11.7. The second-order valence-electron chi connectivity index (χ2n) is 6.60. The molecule has 0 saturated carbocycles. The lowest BCUT2D eigenvalue weighted by Gasteiger charge is -2.10. The molecule has 0 aliphatic carbocycles. The highest BCUT2D eigenvalue weighted by atomic mass is 79.9. The van der Waals surface area contributed by atoms with Gasteiger partial charge >= 0.3 is 0 Å². The lowest BCUT2D eigenvalue weighted by molar-refractivity contribution is -0.113. The number of amides is 2. The van der Waals surface area contributed by atoms with Gasteiger partial charge in [0.25, 0.3) is 5.91 Å². The first kappa shape index (κ1) is 23.3. The smallest absolute Gasteiger partial charge is 0.252 e. The number of halogens is 2. The molecule has 0 fully saturated rings. The van der Waals surface area contributed by atoms with Gasteiger partial charge < -0.3 is 15.2 Å². The first-order chi connectivity index (χ1) is 14.9. The van der Waals surface area contributed by atoms with Crippen molar-refractivity contribution in [3.05, 3.63) is 68.9 Å². The second-order valence-corrected chi connectivity index (χ2v) is 8.83. The number of nitrogens with one attached hydrogen (secondary N) is 2. The van der Waals surface area contributed by atoms with Crippen LogP contribution < -0.4 is 10.6 Å². The highest BCUT2D eigenvalue weighted by Crippen LogP contribution is 2.22. The number of rotatable bonds is 8. The lowest BCUT2D eigenvalue weighted by atomic mass is 10.2. The quantitative estimate of drug-likeness (QED) is 0.419. The van der Waals surface area contributed by atoms with Crippen LogP contribution in [0.2, 0.25) is 5.02 Å². The van der Waals surface area contributed by atoms with E-state index in [0.717, 1.165) is 10.0 Å². The summed E-state index contributed by atoms with van der Waals surface area (Å²) in [6, 6.07) is 12.6. The number of benzene rings is 2. The SMILES string of the molecule is CCn1c(CNC(=O)c2ccccc2Br)nnc1SCC(=O)Nc1cc(Cl)ccc1C. The maximum atomic E-state index is 12.4. The summed E-state index contributed by atoms with van der Waals surface area (Å²) in [4.78, 5) is 24.8. The third-order valence-electron chi connectivity index (χ3n) is 4.44. The molecule has 0 atom stereocenters. The van der Waals surface area contributed by atoms with E-state index < -0.39 is 0 Å². The normalized spacial score (nSPS) is 10.7. The van der Waals surface area contributed by atoms with Crippen LogP contribution in [0.3, 0.4) is 0 Å². The molecule has 31 heavy (non-hydrogen) atoms. The predicted molar refractivity (Wildman–Crippen MR) is 127 cm³/mol. The van der Waals surface area contributed by atoms with E-state index in [0.29, 0.717) is 33.8 Å². The average molecular weight is 523 g/mol. The van der Waals surface area contributed by atoms with Crippen LogP contribution >= 0.6 is 39.3 Å². The monoisotopic (exact) mass is 521 g/mol.